The van der Waals surface area contributed by atoms with Crippen LogP contribution in [0.1, 0.15) is 35.1 Å². The maximum absolute atomic E-state index is 6.86. The lowest BCUT2D eigenvalue weighted by atomic mass is 9.62. The van der Waals surface area contributed by atoms with Crippen LogP contribution in [0.3, 0.4) is 0 Å². The maximum atomic E-state index is 6.86. The molecule has 2 aromatic heterocycles. The SMILES string of the molecule is C1=CCCC(n2c3ccccc3c3cc(-c4ccc5c(c4)Oc4ccccc4C54c5ccccc5Oc5cc(-c6ccc[nH]6)ccc54)ccc32)=C1. The third-order valence-corrected chi connectivity index (χ3v) is 11.0. The van der Waals surface area contributed by atoms with Crippen molar-refractivity contribution in [1.29, 1.82) is 0 Å². The molecule has 51 heavy (non-hydrogen) atoms. The van der Waals surface area contributed by atoms with E-state index in [1.165, 1.54) is 27.5 Å². The number of aromatic amines is 1. The standard InChI is InChI=1S/C47H32N2O2/c1-2-11-33(12-3-1)49-41-17-7-4-13-34(41)35-27-30(22-25-42(35)49)31-20-23-38-45(28-31)50-43-18-8-5-14-36(43)47(38)37-15-6-9-19-44(37)51-46-29-32(21-24-39(46)47)40-16-10-26-48-40/h1-2,4-11,13-29,48H,3,12H2. The van der Waals surface area contributed by atoms with E-state index in [0.29, 0.717) is 0 Å². The van der Waals surface area contributed by atoms with E-state index < -0.39 is 5.41 Å². The van der Waals surface area contributed by atoms with Gasteiger partial charge in [-0.1, -0.05) is 97.1 Å². The van der Waals surface area contributed by atoms with Crippen molar-refractivity contribution in [2.75, 3.05) is 0 Å². The Morgan fingerprint density at radius 3 is 1.88 bits per heavy atom. The van der Waals surface area contributed by atoms with Crippen LogP contribution in [-0.4, -0.2) is 9.55 Å². The topological polar surface area (TPSA) is 39.2 Å². The minimum absolute atomic E-state index is 0.638. The fraction of sp³-hybridized carbons (Fsp3) is 0.0638. The molecular formula is C47H32N2O2. The normalized spacial score (nSPS) is 16.9. The molecule has 1 atom stereocenters. The summed E-state index contributed by atoms with van der Waals surface area (Å²) >= 11 is 0. The summed E-state index contributed by atoms with van der Waals surface area (Å²) in [6.45, 7) is 0. The summed E-state index contributed by atoms with van der Waals surface area (Å²) in [5.41, 5.74) is 12.0. The molecule has 0 radical (unpaired) electrons. The zero-order chi connectivity index (χ0) is 33.5. The van der Waals surface area contributed by atoms with Crippen LogP contribution in [0.5, 0.6) is 23.0 Å². The van der Waals surface area contributed by atoms with Crippen LogP contribution < -0.4 is 9.47 Å². The first-order valence-electron chi connectivity index (χ1n) is 17.6. The van der Waals surface area contributed by atoms with Crippen LogP contribution in [0.15, 0.2) is 164 Å². The number of hydrogen-bond donors (Lipinski definition) is 1. The number of nitrogens with one attached hydrogen (secondary N) is 1. The van der Waals surface area contributed by atoms with Gasteiger partial charge in [0, 0.05) is 56.2 Å². The molecule has 0 amide bonds. The zero-order valence-electron chi connectivity index (χ0n) is 27.8. The summed E-state index contributed by atoms with van der Waals surface area (Å²) in [7, 11) is 0. The second-order valence-corrected chi connectivity index (χ2v) is 13.7. The van der Waals surface area contributed by atoms with Gasteiger partial charge in [0.15, 0.2) is 0 Å². The highest BCUT2D eigenvalue weighted by molar-refractivity contribution is 6.11. The van der Waals surface area contributed by atoms with Crippen molar-refractivity contribution in [1.82, 2.24) is 9.55 Å². The smallest absolute Gasteiger partial charge is 0.132 e. The van der Waals surface area contributed by atoms with Crippen LogP contribution in [-0.2, 0) is 5.41 Å². The molecule has 0 bridgehead atoms. The molecule has 0 saturated carbocycles. The van der Waals surface area contributed by atoms with E-state index >= 15 is 0 Å². The van der Waals surface area contributed by atoms with Gasteiger partial charge in [0.1, 0.15) is 23.0 Å². The van der Waals surface area contributed by atoms with E-state index in [9.17, 15) is 0 Å². The third kappa shape index (κ3) is 4.02. The van der Waals surface area contributed by atoms with Crippen LogP contribution in [0, 0.1) is 0 Å². The largest absolute Gasteiger partial charge is 0.457 e. The van der Waals surface area contributed by atoms with Gasteiger partial charge in [-0.2, -0.15) is 0 Å². The van der Waals surface area contributed by atoms with Gasteiger partial charge < -0.3 is 19.0 Å². The van der Waals surface area contributed by atoms with Crippen molar-refractivity contribution in [3.63, 3.8) is 0 Å². The molecule has 4 heterocycles. The molecule has 8 aromatic rings. The molecule has 11 rings (SSSR count). The predicted molar refractivity (Wildman–Crippen MR) is 206 cm³/mol. The fourth-order valence-electron chi connectivity index (χ4n) is 8.77. The molecular weight excluding hydrogens is 625 g/mol. The molecule has 0 saturated heterocycles. The lowest BCUT2D eigenvalue weighted by Crippen LogP contribution is -2.36. The van der Waals surface area contributed by atoms with Gasteiger partial charge in [-0.3, -0.25) is 0 Å². The Kier molecular flexibility index (Phi) is 5.97. The Morgan fingerprint density at radius 2 is 1.16 bits per heavy atom. The molecule has 3 aliphatic rings. The minimum atomic E-state index is -0.638. The Labute approximate surface area is 295 Å². The lowest BCUT2D eigenvalue weighted by molar-refractivity contribution is 0.399. The lowest BCUT2D eigenvalue weighted by Gasteiger charge is -2.45. The monoisotopic (exact) mass is 656 g/mol. The van der Waals surface area contributed by atoms with Gasteiger partial charge >= 0.3 is 0 Å². The Balaban J connectivity index is 1.13. The molecule has 1 N–H and O–H groups in total. The molecule has 0 fully saturated rings. The second kappa shape index (κ2) is 10.7. The Hall–Kier alpha value is -6.52. The number of H-pyrrole nitrogens is 1. The second-order valence-electron chi connectivity index (χ2n) is 13.7. The number of fused-ring (bicyclic) bond motifs is 11. The highest BCUT2D eigenvalue weighted by Gasteiger charge is 2.50. The average molecular weight is 657 g/mol. The first-order chi connectivity index (χ1) is 25.3. The van der Waals surface area contributed by atoms with Crippen LogP contribution >= 0.6 is 0 Å². The Morgan fingerprint density at radius 1 is 0.529 bits per heavy atom. The molecule has 6 aromatic carbocycles. The molecule has 1 unspecified atom stereocenters. The third-order valence-electron chi connectivity index (χ3n) is 11.0. The van der Waals surface area contributed by atoms with Gasteiger partial charge in [0.25, 0.3) is 0 Å². The molecule has 1 aliphatic carbocycles. The number of nitrogens with zero attached hydrogens (tertiary/aromatic N) is 1. The van der Waals surface area contributed by atoms with E-state index in [4.69, 9.17) is 9.47 Å². The average Bonchev–Trinajstić information content (AvgIpc) is 3.85. The number of para-hydroxylation sites is 3. The van der Waals surface area contributed by atoms with Crippen molar-refractivity contribution in [3.05, 3.63) is 186 Å². The zero-order valence-corrected chi connectivity index (χ0v) is 27.8. The highest BCUT2D eigenvalue weighted by Crippen LogP contribution is 2.62. The van der Waals surface area contributed by atoms with E-state index in [1.807, 2.05) is 12.3 Å². The number of rotatable bonds is 3. The van der Waals surface area contributed by atoms with Crippen LogP contribution in [0.2, 0.25) is 0 Å². The van der Waals surface area contributed by atoms with Crippen molar-refractivity contribution >= 4 is 27.5 Å². The number of allylic oxidation sites excluding steroid dienone is 4. The maximum Gasteiger partial charge on any atom is 0.132 e. The first kappa shape index (κ1) is 28.3. The number of benzene rings is 6. The van der Waals surface area contributed by atoms with Gasteiger partial charge in [0.2, 0.25) is 0 Å². The molecule has 2 aliphatic heterocycles. The molecule has 1 spiro atoms. The number of ether oxygens (including phenoxy) is 2. The summed E-state index contributed by atoms with van der Waals surface area (Å²) in [6.07, 6.45) is 10.7. The summed E-state index contributed by atoms with van der Waals surface area (Å²) in [5, 5.41) is 2.52. The van der Waals surface area contributed by atoms with Gasteiger partial charge in [0.05, 0.1) is 16.4 Å². The van der Waals surface area contributed by atoms with Gasteiger partial charge in [-0.15, -0.1) is 0 Å². The molecule has 4 nitrogen and oxygen atoms in total. The van der Waals surface area contributed by atoms with Crippen molar-refractivity contribution in [3.8, 4) is 45.4 Å². The van der Waals surface area contributed by atoms with Gasteiger partial charge in [-0.25, -0.2) is 0 Å². The summed E-state index contributed by atoms with van der Waals surface area (Å²) in [6, 6.07) is 50.1. The first-order valence-corrected chi connectivity index (χ1v) is 17.6. The van der Waals surface area contributed by atoms with Gasteiger partial charge in [-0.05, 0) is 84.6 Å². The summed E-state index contributed by atoms with van der Waals surface area (Å²) in [4.78, 5) is 3.36. The van der Waals surface area contributed by atoms with Crippen molar-refractivity contribution in [2.24, 2.45) is 0 Å². The summed E-state index contributed by atoms with van der Waals surface area (Å²) in [5.74, 6) is 3.40. The Bertz CT molecular complexity index is 2750. The van der Waals surface area contributed by atoms with Crippen molar-refractivity contribution in [2.45, 2.75) is 18.3 Å². The van der Waals surface area contributed by atoms with Crippen LogP contribution in [0.4, 0.5) is 0 Å². The van der Waals surface area contributed by atoms with E-state index in [2.05, 4.69) is 161 Å². The molecule has 4 heteroatoms. The predicted octanol–water partition coefficient (Wildman–Crippen LogP) is 12.2. The fourth-order valence-corrected chi connectivity index (χ4v) is 8.77. The van der Waals surface area contributed by atoms with E-state index in [0.717, 1.165) is 80.5 Å². The van der Waals surface area contributed by atoms with Crippen LogP contribution in [0.25, 0.3) is 49.9 Å². The number of hydrogen-bond acceptors (Lipinski definition) is 2. The quantitative estimate of drug-likeness (QED) is 0.206. The summed E-state index contributed by atoms with van der Waals surface area (Å²) < 4.78 is 16.0. The van der Waals surface area contributed by atoms with E-state index in [-0.39, 0.29) is 0 Å². The highest BCUT2D eigenvalue weighted by atomic mass is 16.5. The number of aromatic nitrogens is 2. The van der Waals surface area contributed by atoms with Crippen molar-refractivity contribution < 1.29 is 9.47 Å². The molecule has 242 valence electrons. The van der Waals surface area contributed by atoms with E-state index in [1.54, 1.807) is 0 Å². The minimum Gasteiger partial charge on any atom is -0.457 e.